The molecule has 0 aromatic heterocycles. The van der Waals surface area contributed by atoms with Crippen molar-refractivity contribution in [1.82, 2.24) is 4.90 Å². The predicted molar refractivity (Wildman–Crippen MR) is 85.0 cm³/mol. The molecule has 0 N–H and O–H groups in total. The van der Waals surface area contributed by atoms with Crippen molar-refractivity contribution in [2.24, 2.45) is 0 Å². The molecule has 21 heavy (non-hydrogen) atoms. The maximum absolute atomic E-state index is 5.86. The van der Waals surface area contributed by atoms with Gasteiger partial charge in [0.05, 0.1) is 6.61 Å². The molecule has 3 nitrogen and oxygen atoms in total. The van der Waals surface area contributed by atoms with Crippen molar-refractivity contribution in [2.45, 2.75) is 38.0 Å². The number of nitrogens with zero attached hydrogens (tertiary/aromatic N) is 1. The molecule has 2 aliphatic heterocycles. The first kappa shape index (κ1) is 14.9. The van der Waals surface area contributed by atoms with E-state index in [1.807, 2.05) is 0 Å². The lowest BCUT2D eigenvalue weighted by Gasteiger charge is -2.22. The Hall–Kier alpha value is -1.06. The Kier molecular flexibility index (Phi) is 5.53. The van der Waals surface area contributed by atoms with E-state index in [4.69, 9.17) is 9.47 Å². The van der Waals surface area contributed by atoms with Crippen molar-refractivity contribution in [1.29, 1.82) is 0 Å². The summed E-state index contributed by atoms with van der Waals surface area (Å²) in [7, 11) is 0. The van der Waals surface area contributed by atoms with Gasteiger partial charge >= 0.3 is 0 Å². The van der Waals surface area contributed by atoms with E-state index in [0.717, 1.165) is 44.8 Å². The Labute approximate surface area is 128 Å². The average Bonchev–Trinajstić information content (AvgIpc) is 3.06. The summed E-state index contributed by atoms with van der Waals surface area (Å²) in [6.45, 7) is 6.37. The van der Waals surface area contributed by atoms with E-state index < -0.39 is 0 Å². The van der Waals surface area contributed by atoms with Crippen LogP contribution in [-0.4, -0.2) is 44.4 Å². The van der Waals surface area contributed by atoms with Gasteiger partial charge in [0.15, 0.2) is 0 Å². The highest BCUT2D eigenvalue weighted by Crippen LogP contribution is 2.28. The molecule has 0 atom stereocenters. The molecule has 116 valence electrons. The first-order chi connectivity index (χ1) is 10.4. The third kappa shape index (κ3) is 4.45. The number of rotatable bonds is 6. The molecular formula is C18H27NO2. The van der Waals surface area contributed by atoms with Crippen molar-refractivity contribution in [3.05, 3.63) is 29.8 Å². The van der Waals surface area contributed by atoms with Gasteiger partial charge in [-0.2, -0.15) is 0 Å². The van der Waals surface area contributed by atoms with Crippen LogP contribution in [-0.2, 0) is 4.74 Å². The monoisotopic (exact) mass is 289 g/mol. The lowest BCUT2D eigenvalue weighted by molar-refractivity contribution is 0.0853. The lowest BCUT2D eigenvalue weighted by Crippen LogP contribution is -2.21. The van der Waals surface area contributed by atoms with Crippen LogP contribution in [0.25, 0.3) is 0 Å². The van der Waals surface area contributed by atoms with Gasteiger partial charge < -0.3 is 14.4 Å². The van der Waals surface area contributed by atoms with Gasteiger partial charge in [0.2, 0.25) is 0 Å². The van der Waals surface area contributed by atoms with Crippen LogP contribution in [0.4, 0.5) is 0 Å². The molecule has 0 aliphatic carbocycles. The summed E-state index contributed by atoms with van der Waals surface area (Å²) in [5.41, 5.74) is 1.43. The fourth-order valence-electron chi connectivity index (χ4n) is 3.35. The number of hydrogen-bond acceptors (Lipinski definition) is 3. The predicted octanol–water partition coefficient (Wildman–Crippen LogP) is 3.45. The molecule has 2 heterocycles. The zero-order valence-corrected chi connectivity index (χ0v) is 12.9. The zero-order valence-electron chi connectivity index (χ0n) is 12.9. The summed E-state index contributed by atoms with van der Waals surface area (Å²) in [6.07, 6.45) is 6.16. The Morgan fingerprint density at radius 3 is 2.48 bits per heavy atom. The smallest absolute Gasteiger partial charge is 0.119 e. The van der Waals surface area contributed by atoms with Crippen molar-refractivity contribution in [3.8, 4) is 5.75 Å². The molecule has 3 rings (SSSR count). The van der Waals surface area contributed by atoms with Gasteiger partial charge in [0, 0.05) is 19.8 Å². The second-order valence-corrected chi connectivity index (χ2v) is 6.21. The van der Waals surface area contributed by atoms with Gasteiger partial charge in [-0.25, -0.2) is 0 Å². The molecule has 0 bridgehead atoms. The Bertz CT molecular complexity index is 406. The largest absolute Gasteiger partial charge is 0.494 e. The number of benzene rings is 1. The van der Waals surface area contributed by atoms with Crippen molar-refractivity contribution < 1.29 is 9.47 Å². The van der Waals surface area contributed by atoms with Crippen LogP contribution in [0.15, 0.2) is 24.3 Å². The topological polar surface area (TPSA) is 21.7 Å². The summed E-state index contributed by atoms with van der Waals surface area (Å²) >= 11 is 0. The molecule has 0 amide bonds. The molecular weight excluding hydrogens is 262 g/mol. The SMILES string of the molecule is c1cc(C2CCOCC2)ccc1OCCCN1CCCC1. The maximum Gasteiger partial charge on any atom is 0.119 e. The summed E-state index contributed by atoms with van der Waals surface area (Å²) in [4.78, 5) is 2.54. The number of likely N-dealkylation sites (tertiary alicyclic amines) is 1. The van der Waals surface area contributed by atoms with Gasteiger partial charge in [-0.1, -0.05) is 12.1 Å². The standard InChI is InChI=1S/C18H27NO2/c1-2-11-19(10-1)12-3-13-21-18-6-4-16(5-7-18)17-8-14-20-15-9-17/h4-7,17H,1-3,8-15H2. The third-order valence-corrected chi connectivity index (χ3v) is 4.66. The van der Waals surface area contributed by atoms with Gasteiger partial charge in [0.1, 0.15) is 5.75 Å². The molecule has 2 fully saturated rings. The van der Waals surface area contributed by atoms with E-state index in [2.05, 4.69) is 29.2 Å². The highest BCUT2D eigenvalue weighted by atomic mass is 16.5. The quantitative estimate of drug-likeness (QED) is 0.749. The lowest BCUT2D eigenvalue weighted by atomic mass is 9.92. The Morgan fingerprint density at radius 2 is 1.76 bits per heavy atom. The van der Waals surface area contributed by atoms with E-state index in [9.17, 15) is 0 Å². The second kappa shape index (κ2) is 7.81. The number of hydrogen-bond donors (Lipinski definition) is 0. The first-order valence-corrected chi connectivity index (χ1v) is 8.45. The molecule has 2 saturated heterocycles. The molecule has 1 aromatic carbocycles. The fraction of sp³-hybridized carbons (Fsp3) is 0.667. The highest BCUT2D eigenvalue weighted by Gasteiger charge is 2.15. The van der Waals surface area contributed by atoms with E-state index in [0.29, 0.717) is 5.92 Å². The third-order valence-electron chi connectivity index (χ3n) is 4.66. The molecule has 3 heteroatoms. The van der Waals surface area contributed by atoms with Crippen molar-refractivity contribution in [3.63, 3.8) is 0 Å². The summed E-state index contributed by atoms with van der Waals surface area (Å²) < 4.78 is 11.3. The molecule has 1 aromatic rings. The average molecular weight is 289 g/mol. The molecule has 0 radical (unpaired) electrons. The first-order valence-electron chi connectivity index (χ1n) is 8.45. The molecule has 0 saturated carbocycles. The van der Waals surface area contributed by atoms with Crippen molar-refractivity contribution in [2.75, 3.05) is 39.5 Å². The molecule has 0 unspecified atom stereocenters. The molecule has 0 spiro atoms. The van der Waals surface area contributed by atoms with Crippen LogP contribution in [0.5, 0.6) is 5.75 Å². The van der Waals surface area contributed by atoms with E-state index in [1.54, 1.807) is 0 Å². The second-order valence-electron chi connectivity index (χ2n) is 6.21. The van der Waals surface area contributed by atoms with Crippen LogP contribution in [0.3, 0.4) is 0 Å². The summed E-state index contributed by atoms with van der Waals surface area (Å²) in [5.74, 6) is 1.68. The Morgan fingerprint density at radius 1 is 1.05 bits per heavy atom. The van der Waals surface area contributed by atoms with Gasteiger partial charge in [0.25, 0.3) is 0 Å². The molecule has 2 aliphatic rings. The van der Waals surface area contributed by atoms with Gasteiger partial charge in [-0.3, -0.25) is 0 Å². The van der Waals surface area contributed by atoms with Crippen molar-refractivity contribution >= 4 is 0 Å². The summed E-state index contributed by atoms with van der Waals surface area (Å²) in [5, 5.41) is 0. The van der Waals surface area contributed by atoms with Crippen LogP contribution in [0, 0.1) is 0 Å². The maximum atomic E-state index is 5.86. The van der Waals surface area contributed by atoms with Gasteiger partial charge in [-0.05, 0) is 68.8 Å². The van der Waals surface area contributed by atoms with Gasteiger partial charge in [-0.15, -0.1) is 0 Å². The normalized spacial score (nSPS) is 20.8. The van der Waals surface area contributed by atoms with Crippen LogP contribution < -0.4 is 4.74 Å². The van der Waals surface area contributed by atoms with Crippen LogP contribution in [0.2, 0.25) is 0 Å². The van der Waals surface area contributed by atoms with E-state index >= 15 is 0 Å². The fourth-order valence-corrected chi connectivity index (χ4v) is 3.35. The minimum absolute atomic E-state index is 0.669. The van der Waals surface area contributed by atoms with Crippen LogP contribution in [0.1, 0.15) is 43.6 Å². The highest BCUT2D eigenvalue weighted by molar-refractivity contribution is 5.29. The number of ether oxygens (including phenoxy) is 2. The van der Waals surface area contributed by atoms with E-state index in [-0.39, 0.29) is 0 Å². The summed E-state index contributed by atoms with van der Waals surface area (Å²) in [6, 6.07) is 8.71. The van der Waals surface area contributed by atoms with Crippen LogP contribution >= 0.6 is 0 Å². The minimum Gasteiger partial charge on any atom is -0.494 e. The minimum atomic E-state index is 0.669. The Balaban J connectivity index is 1.39. The van der Waals surface area contributed by atoms with E-state index in [1.165, 1.54) is 38.0 Å². The zero-order chi connectivity index (χ0) is 14.3.